The molecular formula is C28H22N4NiO4. The zero-order valence-electron chi connectivity index (χ0n) is 19.4. The van der Waals surface area contributed by atoms with Gasteiger partial charge in [0.2, 0.25) is 0 Å². The van der Waals surface area contributed by atoms with E-state index in [0.29, 0.717) is 22.3 Å². The quantitative estimate of drug-likeness (QED) is 0.141. The Morgan fingerprint density at radius 1 is 0.405 bits per heavy atom. The van der Waals surface area contributed by atoms with E-state index < -0.39 is 0 Å². The van der Waals surface area contributed by atoms with Crippen LogP contribution in [-0.2, 0) is 16.5 Å². The second-order valence-corrected chi connectivity index (χ2v) is 7.24. The van der Waals surface area contributed by atoms with Crippen molar-refractivity contribution in [3.05, 3.63) is 154 Å². The summed E-state index contributed by atoms with van der Waals surface area (Å²) in [6.07, 6.45) is 0. The predicted octanol–water partition coefficient (Wildman–Crippen LogP) is 5.70. The first-order chi connectivity index (χ1) is 17.7. The fourth-order valence-corrected chi connectivity index (χ4v) is 3.33. The predicted molar refractivity (Wildman–Crippen MR) is 142 cm³/mol. The summed E-state index contributed by atoms with van der Waals surface area (Å²) < 4.78 is 0. The van der Waals surface area contributed by atoms with Gasteiger partial charge < -0.3 is 31.1 Å². The van der Waals surface area contributed by atoms with Crippen LogP contribution in [0.15, 0.2) is 142 Å². The summed E-state index contributed by atoms with van der Waals surface area (Å²) in [6.45, 7) is 0. The molecule has 0 saturated heterocycles. The number of oxime groups is 2. The van der Waals surface area contributed by atoms with Crippen LogP contribution in [0.1, 0.15) is 22.3 Å². The van der Waals surface area contributed by atoms with Gasteiger partial charge in [0.15, 0.2) is 0 Å². The number of hydrogen-bond acceptors (Lipinski definition) is 8. The standard InChI is InChI=1S/2C14H12N2O2.Ni/c2*17-15-13(11-7-3-1-4-8-11)14(16-18)12-9-5-2-6-10-12;/h2*1-10,17-18H;/q;;+2/p-2/b2*15-13+,16-14+;. The van der Waals surface area contributed by atoms with Crippen molar-refractivity contribution >= 4 is 22.8 Å². The Balaban J connectivity index is 0.000000253. The largest absolute Gasteiger partial charge is 2.00 e. The van der Waals surface area contributed by atoms with Gasteiger partial charge in [-0.15, -0.1) is 0 Å². The van der Waals surface area contributed by atoms with E-state index in [2.05, 4.69) is 20.6 Å². The molecule has 2 N–H and O–H groups in total. The summed E-state index contributed by atoms with van der Waals surface area (Å²) in [5.74, 6) is 0. The minimum Gasteiger partial charge on any atom is -0.791 e. The van der Waals surface area contributed by atoms with Crippen molar-refractivity contribution in [3.8, 4) is 0 Å². The Morgan fingerprint density at radius 2 is 0.622 bits per heavy atom. The number of benzene rings is 4. The van der Waals surface area contributed by atoms with Crippen LogP contribution in [0.2, 0.25) is 0 Å². The van der Waals surface area contributed by atoms with Crippen LogP contribution in [0.4, 0.5) is 0 Å². The summed E-state index contributed by atoms with van der Waals surface area (Å²) in [5, 5.41) is 52.6. The molecule has 4 aromatic rings. The molecule has 0 spiro atoms. The van der Waals surface area contributed by atoms with E-state index in [9.17, 15) is 10.4 Å². The van der Waals surface area contributed by atoms with Crippen LogP contribution in [0, 0.1) is 10.4 Å². The molecule has 0 fully saturated rings. The molecule has 0 unspecified atom stereocenters. The van der Waals surface area contributed by atoms with E-state index in [1.807, 2.05) is 24.3 Å². The summed E-state index contributed by atoms with van der Waals surface area (Å²) in [6, 6.07) is 35.7. The van der Waals surface area contributed by atoms with Crippen molar-refractivity contribution < 1.29 is 26.9 Å². The van der Waals surface area contributed by atoms with E-state index >= 15 is 0 Å². The first-order valence-electron chi connectivity index (χ1n) is 10.8. The summed E-state index contributed by atoms with van der Waals surface area (Å²) in [7, 11) is 0. The van der Waals surface area contributed by atoms with Gasteiger partial charge in [-0.25, -0.2) is 0 Å². The van der Waals surface area contributed by atoms with Gasteiger partial charge in [-0.1, -0.05) is 132 Å². The van der Waals surface area contributed by atoms with Crippen molar-refractivity contribution in [1.29, 1.82) is 0 Å². The Hall–Kier alpha value is -4.75. The molecule has 9 heteroatoms. The zero-order chi connectivity index (χ0) is 25.6. The van der Waals surface area contributed by atoms with Gasteiger partial charge in [0.05, 0.1) is 11.4 Å². The first-order valence-corrected chi connectivity index (χ1v) is 10.8. The van der Waals surface area contributed by atoms with Crippen LogP contribution < -0.4 is 0 Å². The molecule has 0 aliphatic carbocycles. The molecule has 4 aromatic carbocycles. The normalized spacial score (nSPS) is 12.1. The number of nitrogens with zero attached hydrogens (tertiary/aromatic N) is 4. The Bertz CT molecular complexity index is 1130. The summed E-state index contributed by atoms with van der Waals surface area (Å²) in [5.41, 5.74) is 3.06. The molecular weight excluding hydrogens is 515 g/mol. The second kappa shape index (κ2) is 15.3. The van der Waals surface area contributed by atoms with Gasteiger partial charge in [-0.3, -0.25) is 0 Å². The smallest absolute Gasteiger partial charge is 0.791 e. The number of hydrogen-bond donors (Lipinski definition) is 2. The van der Waals surface area contributed by atoms with Crippen LogP contribution in [0.25, 0.3) is 0 Å². The van der Waals surface area contributed by atoms with Gasteiger partial charge in [0.25, 0.3) is 0 Å². The van der Waals surface area contributed by atoms with Gasteiger partial charge in [0, 0.05) is 22.3 Å². The summed E-state index contributed by atoms with van der Waals surface area (Å²) >= 11 is 0. The third kappa shape index (κ3) is 7.62. The molecule has 0 bridgehead atoms. The van der Waals surface area contributed by atoms with E-state index in [0.717, 1.165) is 0 Å². The van der Waals surface area contributed by atoms with Crippen molar-refractivity contribution in [1.82, 2.24) is 0 Å². The fourth-order valence-electron chi connectivity index (χ4n) is 3.33. The minimum atomic E-state index is 0. The van der Waals surface area contributed by atoms with Gasteiger partial charge >= 0.3 is 16.5 Å². The van der Waals surface area contributed by atoms with Crippen molar-refractivity contribution in [3.63, 3.8) is 0 Å². The molecule has 37 heavy (non-hydrogen) atoms. The molecule has 0 aliphatic rings. The molecule has 0 aliphatic heterocycles. The van der Waals surface area contributed by atoms with Crippen LogP contribution in [0.3, 0.4) is 0 Å². The third-order valence-corrected chi connectivity index (χ3v) is 5.02. The van der Waals surface area contributed by atoms with Crippen molar-refractivity contribution in [2.75, 3.05) is 0 Å². The van der Waals surface area contributed by atoms with E-state index in [-0.39, 0.29) is 39.3 Å². The van der Waals surface area contributed by atoms with Gasteiger partial charge in [0.1, 0.15) is 11.4 Å². The maximum absolute atomic E-state index is 11.0. The molecule has 0 radical (unpaired) electrons. The molecule has 0 aromatic heterocycles. The minimum absolute atomic E-state index is 0. The van der Waals surface area contributed by atoms with Gasteiger partial charge in [-0.05, 0) is 0 Å². The average molecular weight is 537 g/mol. The SMILES string of the molecule is [Ni+2].[O-]/N=C(/C(=N/O)c1ccccc1)c1ccccc1.[O-]/N=C(/C(=N/O)c1ccccc1)c1ccccc1. The van der Waals surface area contributed by atoms with Crippen LogP contribution in [-0.4, -0.2) is 33.3 Å². The monoisotopic (exact) mass is 536 g/mol. The fraction of sp³-hybridized carbons (Fsp3) is 0. The van der Waals surface area contributed by atoms with E-state index in [1.54, 1.807) is 97.1 Å². The van der Waals surface area contributed by atoms with Crippen molar-refractivity contribution in [2.45, 2.75) is 0 Å². The average Bonchev–Trinajstić information content (AvgIpc) is 2.96. The summed E-state index contributed by atoms with van der Waals surface area (Å²) in [4.78, 5) is 0. The third-order valence-electron chi connectivity index (χ3n) is 5.02. The van der Waals surface area contributed by atoms with E-state index in [4.69, 9.17) is 10.4 Å². The maximum Gasteiger partial charge on any atom is 2.00 e. The van der Waals surface area contributed by atoms with Crippen LogP contribution in [0.5, 0.6) is 0 Å². The van der Waals surface area contributed by atoms with Crippen molar-refractivity contribution in [2.24, 2.45) is 20.6 Å². The van der Waals surface area contributed by atoms with Gasteiger partial charge in [-0.2, -0.15) is 0 Å². The first kappa shape index (κ1) is 28.5. The van der Waals surface area contributed by atoms with E-state index in [1.165, 1.54) is 0 Å². The molecule has 0 saturated carbocycles. The Labute approximate surface area is 224 Å². The Kier molecular flexibility index (Phi) is 11.8. The molecule has 8 nitrogen and oxygen atoms in total. The molecule has 0 heterocycles. The van der Waals surface area contributed by atoms with Crippen LogP contribution >= 0.6 is 0 Å². The molecule has 0 amide bonds. The molecule has 4 rings (SSSR count). The number of rotatable bonds is 6. The molecule has 0 atom stereocenters. The maximum atomic E-state index is 11.0. The zero-order valence-corrected chi connectivity index (χ0v) is 20.4. The Morgan fingerprint density at radius 3 is 0.811 bits per heavy atom. The molecule has 188 valence electrons. The second-order valence-electron chi connectivity index (χ2n) is 7.24. The topological polar surface area (TPSA) is 136 Å².